The highest BCUT2D eigenvalue weighted by Crippen LogP contribution is 2.22. The summed E-state index contributed by atoms with van der Waals surface area (Å²) in [4.78, 5) is 17.2. The van der Waals surface area contributed by atoms with E-state index in [9.17, 15) is 4.79 Å². The van der Waals surface area contributed by atoms with Crippen LogP contribution in [0, 0.1) is 0 Å². The molecule has 1 aromatic carbocycles. The number of amidine groups is 1. The Morgan fingerprint density at radius 3 is 2.60 bits per heavy atom. The largest absolute Gasteiger partial charge is 0.399 e. The molecule has 2 N–H and O–H groups in total. The Kier molecular flexibility index (Phi) is 2.64. The molecule has 1 fully saturated rings. The number of nitrogens with zero attached hydrogens (tertiary/aromatic N) is 2. The van der Waals surface area contributed by atoms with Crippen LogP contribution in [-0.4, -0.2) is 28.8 Å². The average Bonchev–Trinajstić information content (AvgIpc) is 2.53. The number of nitrogen functional groups attached to an aromatic ring is 1. The Labute approximate surface area is 92.2 Å². The smallest absolute Gasteiger partial charge is 0.238 e. The zero-order valence-corrected chi connectivity index (χ0v) is 9.12. The predicted molar refractivity (Wildman–Crippen MR) is 63.2 cm³/mol. The van der Waals surface area contributed by atoms with Crippen molar-refractivity contribution in [3.8, 4) is 0 Å². The van der Waals surface area contributed by atoms with Gasteiger partial charge in [0.05, 0.1) is 11.4 Å². The van der Waals surface area contributed by atoms with E-state index in [2.05, 4.69) is 4.99 Å². The third-order valence-corrected chi connectivity index (χ3v) is 3.12. The van der Waals surface area contributed by atoms with Gasteiger partial charge in [-0.25, -0.2) is 4.99 Å². The number of aliphatic imine (C=N–C) groups is 1. The number of carbonyl (C=O) groups excluding carboxylic acids is 1. The summed E-state index contributed by atoms with van der Waals surface area (Å²) in [6.45, 7) is 0. The number of hydrogen-bond donors (Lipinski definition) is 1. The van der Waals surface area contributed by atoms with Gasteiger partial charge in [-0.05, 0) is 24.3 Å². The van der Waals surface area contributed by atoms with Gasteiger partial charge in [-0.3, -0.25) is 9.69 Å². The number of rotatable bonds is 1. The summed E-state index contributed by atoms with van der Waals surface area (Å²) >= 11 is 1.45. The quantitative estimate of drug-likeness (QED) is 0.730. The summed E-state index contributed by atoms with van der Waals surface area (Å²) in [5.74, 6) is 0.568. The minimum absolute atomic E-state index is 0.0918. The molecule has 1 aromatic rings. The Morgan fingerprint density at radius 1 is 1.40 bits per heavy atom. The minimum Gasteiger partial charge on any atom is -0.399 e. The second kappa shape index (κ2) is 3.94. The standard InChI is InChI=1S/C10H11N3OS/c1-13-9(14)6-15-10(13)12-8-4-2-7(11)3-5-8/h2-5H,6,11H2,1H3. The molecular weight excluding hydrogens is 210 g/mol. The fourth-order valence-electron chi connectivity index (χ4n) is 1.19. The van der Waals surface area contributed by atoms with Gasteiger partial charge < -0.3 is 5.73 Å². The highest BCUT2D eigenvalue weighted by atomic mass is 32.2. The van der Waals surface area contributed by atoms with Crippen molar-refractivity contribution >= 4 is 34.2 Å². The second-order valence-corrected chi connectivity index (χ2v) is 4.17. The highest BCUT2D eigenvalue weighted by Gasteiger charge is 2.23. The number of anilines is 1. The SMILES string of the molecule is CN1C(=O)CSC1=Nc1ccc(N)cc1. The summed E-state index contributed by atoms with van der Waals surface area (Å²) in [6, 6.07) is 7.25. The number of carbonyl (C=O) groups is 1. The fourth-order valence-corrected chi connectivity index (χ4v) is 2.10. The summed E-state index contributed by atoms with van der Waals surface area (Å²) in [6.07, 6.45) is 0. The van der Waals surface area contributed by atoms with Crippen LogP contribution in [-0.2, 0) is 4.79 Å². The third kappa shape index (κ3) is 2.12. The molecule has 15 heavy (non-hydrogen) atoms. The van der Waals surface area contributed by atoms with Gasteiger partial charge in [0.2, 0.25) is 5.91 Å². The average molecular weight is 221 g/mol. The Morgan fingerprint density at radius 2 is 2.07 bits per heavy atom. The lowest BCUT2D eigenvalue weighted by atomic mass is 10.3. The van der Waals surface area contributed by atoms with E-state index in [1.165, 1.54) is 11.8 Å². The summed E-state index contributed by atoms with van der Waals surface area (Å²) in [5.41, 5.74) is 7.09. The van der Waals surface area contributed by atoms with Gasteiger partial charge in [-0.2, -0.15) is 0 Å². The molecule has 0 bridgehead atoms. The molecule has 0 aromatic heterocycles. The molecule has 2 rings (SSSR count). The van der Waals surface area contributed by atoms with E-state index in [1.807, 2.05) is 12.1 Å². The number of amides is 1. The lowest BCUT2D eigenvalue weighted by Gasteiger charge is -2.07. The molecule has 0 unspecified atom stereocenters. The first kappa shape index (κ1) is 10.0. The summed E-state index contributed by atoms with van der Waals surface area (Å²) < 4.78 is 0. The molecule has 4 nitrogen and oxygen atoms in total. The van der Waals surface area contributed by atoms with Crippen LogP contribution in [0.1, 0.15) is 0 Å². The van der Waals surface area contributed by atoms with Crippen LogP contribution in [0.25, 0.3) is 0 Å². The van der Waals surface area contributed by atoms with Crippen molar-refractivity contribution in [1.29, 1.82) is 0 Å². The molecule has 5 heteroatoms. The number of thioether (sulfide) groups is 1. The zero-order chi connectivity index (χ0) is 10.8. The van der Waals surface area contributed by atoms with Crippen LogP contribution in [0.3, 0.4) is 0 Å². The summed E-state index contributed by atoms with van der Waals surface area (Å²) in [7, 11) is 1.73. The number of hydrogen-bond acceptors (Lipinski definition) is 4. The first-order valence-corrected chi connectivity index (χ1v) is 5.49. The van der Waals surface area contributed by atoms with E-state index in [4.69, 9.17) is 5.73 Å². The molecule has 0 spiro atoms. The van der Waals surface area contributed by atoms with Crippen LogP contribution in [0.5, 0.6) is 0 Å². The first-order chi connectivity index (χ1) is 7.16. The van der Waals surface area contributed by atoms with Crippen molar-refractivity contribution in [3.63, 3.8) is 0 Å². The van der Waals surface area contributed by atoms with Crippen LogP contribution in [0.2, 0.25) is 0 Å². The van der Waals surface area contributed by atoms with Gasteiger partial charge >= 0.3 is 0 Å². The lowest BCUT2D eigenvalue weighted by Crippen LogP contribution is -2.24. The van der Waals surface area contributed by atoms with Crippen molar-refractivity contribution in [3.05, 3.63) is 24.3 Å². The van der Waals surface area contributed by atoms with Crippen molar-refractivity contribution in [2.75, 3.05) is 18.5 Å². The molecule has 0 aliphatic carbocycles. The van der Waals surface area contributed by atoms with Crippen molar-refractivity contribution in [2.45, 2.75) is 0 Å². The third-order valence-electron chi connectivity index (χ3n) is 2.10. The molecule has 78 valence electrons. The monoisotopic (exact) mass is 221 g/mol. The van der Waals surface area contributed by atoms with Crippen LogP contribution < -0.4 is 5.73 Å². The number of benzene rings is 1. The number of nitrogens with two attached hydrogens (primary N) is 1. The van der Waals surface area contributed by atoms with Crippen LogP contribution >= 0.6 is 11.8 Å². The van der Waals surface area contributed by atoms with E-state index >= 15 is 0 Å². The lowest BCUT2D eigenvalue weighted by molar-refractivity contribution is -0.123. The molecule has 1 aliphatic rings. The molecule has 0 saturated carbocycles. The van der Waals surface area contributed by atoms with Gasteiger partial charge in [0.15, 0.2) is 5.17 Å². The van der Waals surface area contributed by atoms with E-state index < -0.39 is 0 Å². The Hall–Kier alpha value is -1.49. The topological polar surface area (TPSA) is 58.7 Å². The van der Waals surface area contributed by atoms with Gasteiger partial charge in [-0.15, -0.1) is 0 Å². The van der Waals surface area contributed by atoms with E-state index in [0.29, 0.717) is 11.4 Å². The highest BCUT2D eigenvalue weighted by molar-refractivity contribution is 8.15. The van der Waals surface area contributed by atoms with Crippen molar-refractivity contribution < 1.29 is 4.79 Å². The Bertz CT molecular complexity index is 413. The maximum Gasteiger partial charge on any atom is 0.238 e. The molecule has 1 heterocycles. The van der Waals surface area contributed by atoms with Crippen molar-refractivity contribution in [2.24, 2.45) is 4.99 Å². The maximum atomic E-state index is 11.2. The molecular formula is C10H11N3OS. The molecule has 0 radical (unpaired) electrons. The first-order valence-electron chi connectivity index (χ1n) is 4.50. The van der Waals surface area contributed by atoms with E-state index in [0.717, 1.165) is 10.9 Å². The normalized spacial score (nSPS) is 18.9. The van der Waals surface area contributed by atoms with Crippen molar-refractivity contribution in [1.82, 2.24) is 4.90 Å². The van der Waals surface area contributed by atoms with Crippen LogP contribution in [0.4, 0.5) is 11.4 Å². The predicted octanol–water partition coefficient (Wildman–Crippen LogP) is 1.46. The molecule has 1 aliphatic heterocycles. The zero-order valence-electron chi connectivity index (χ0n) is 8.30. The van der Waals surface area contributed by atoms with Gasteiger partial charge in [-0.1, -0.05) is 11.8 Å². The fraction of sp³-hybridized carbons (Fsp3) is 0.200. The van der Waals surface area contributed by atoms with Gasteiger partial charge in [0.1, 0.15) is 0 Å². The van der Waals surface area contributed by atoms with Crippen LogP contribution in [0.15, 0.2) is 29.3 Å². The second-order valence-electron chi connectivity index (χ2n) is 3.23. The van der Waals surface area contributed by atoms with E-state index in [-0.39, 0.29) is 5.91 Å². The van der Waals surface area contributed by atoms with Gasteiger partial charge in [0, 0.05) is 12.7 Å². The molecule has 1 saturated heterocycles. The molecule has 0 atom stereocenters. The molecule has 1 amide bonds. The Balaban J connectivity index is 2.23. The summed E-state index contributed by atoms with van der Waals surface area (Å²) in [5, 5.41) is 0.741. The maximum absolute atomic E-state index is 11.2. The van der Waals surface area contributed by atoms with E-state index in [1.54, 1.807) is 24.1 Å². The minimum atomic E-state index is 0.0918. The van der Waals surface area contributed by atoms with Gasteiger partial charge in [0.25, 0.3) is 0 Å².